The van der Waals surface area contributed by atoms with Gasteiger partial charge in [-0.05, 0) is 11.8 Å². The lowest BCUT2D eigenvalue weighted by atomic mass is 9.66. The molecule has 0 heterocycles. The summed E-state index contributed by atoms with van der Waals surface area (Å²) in [4.78, 5) is 0. The minimum absolute atomic E-state index is 0.0324. The molecule has 1 rings (SSSR count). The summed E-state index contributed by atoms with van der Waals surface area (Å²) in [5.41, 5.74) is 5.53. The minimum atomic E-state index is -0.275. The average molecular weight is 115 g/mol. The van der Waals surface area contributed by atoms with Crippen LogP contribution < -0.4 is 5.73 Å². The maximum absolute atomic E-state index is 9.12. The van der Waals surface area contributed by atoms with Gasteiger partial charge in [0.25, 0.3) is 0 Å². The average Bonchev–Trinajstić information content (AvgIpc) is 1.65. The normalized spacial score (nSPS) is 43.5. The summed E-state index contributed by atoms with van der Waals surface area (Å²) < 4.78 is 0. The zero-order chi connectivity index (χ0) is 6.36. The van der Waals surface area contributed by atoms with Gasteiger partial charge in [0.05, 0.1) is 6.10 Å². The van der Waals surface area contributed by atoms with Gasteiger partial charge in [-0.3, -0.25) is 0 Å². The van der Waals surface area contributed by atoms with Gasteiger partial charge in [-0.1, -0.05) is 13.8 Å². The fourth-order valence-electron chi connectivity index (χ4n) is 1.26. The lowest BCUT2D eigenvalue weighted by Gasteiger charge is -2.46. The van der Waals surface area contributed by atoms with Gasteiger partial charge >= 0.3 is 0 Å². The summed E-state index contributed by atoms with van der Waals surface area (Å²) in [6.07, 6.45) is 0.677. The minimum Gasteiger partial charge on any atom is -0.391 e. The summed E-state index contributed by atoms with van der Waals surface area (Å²) >= 11 is 0. The van der Waals surface area contributed by atoms with Crippen molar-refractivity contribution in [3.8, 4) is 0 Å². The first-order valence-electron chi connectivity index (χ1n) is 2.98. The Kier molecular flexibility index (Phi) is 1.10. The van der Waals surface area contributed by atoms with Crippen molar-refractivity contribution in [2.45, 2.75) is 32.4 Å². The highest BCUT2D eigenvalue weighted by molar-refractivity contribution is 4.98. The van der Waals surface area contributed by atoms with E-state index < -0.39 is 0 Å². The summed E-state index contributed by atoms with van der Waals surface area (Å²) in [7, 11) is 0. The first-order valence-corrected chi connectivity index (χ1v) is 2.98. The number of rotatable bonds is 0. The third-order valence-electron chi connectivity index (χ3n) is 1.97. The van der Waals surface area contributed by atoms with Gasteiger partial charge in [0.15, 0.2) is 0 Å². The lowest BCUT2D eigenvalue weighted by Crippen LogP contribution is -2.57. The van der Waals surface area contributed by atoms with Crippen molar-refractivity contribution in [3.63, 3.8) is 0 Å². The van der Waals surface area contributed by atoms with Gasteiger partial charge in [-0.2, -0.15) is 0 Å². The highest BCUT2D eigenvalue weighted by Crippen LogP contribution is 2.38. The monoisotopic (exact) mass is 115 g/mol. The van der Waals surface area contributed by atoms with Crippen LogP contribution in [-0.2, 0) is 0 Å². The Morgan fingerprint density at radius 1 is 1.62 bits per heavy atom. The van der Waals surface area contributed by atoms with Gasteiger partial charge in [0, 0.05) is 6.04 Å². The van der Waals surface area contributed by atoms with Gasteiger partial charge in [0.1, 0.15) is 0 Å². The van der Waals surface area contributed by atoms with Crippen LogP contribution in [0.15, 0.2) is 0 Å². The molecule has 1 fully saturated rings. The van der Waals surface area contributed by atoms with E-state index >= 15 is 0 Å². The molecule has 0 saturated heterocycles. The zero-order valence-electron chi connectivity index (χ0n) is 5.39. The maximum Gasteiger partial charge on any atom is 0.0742 e. The topological polar surface area (TPSA) is 46.2 Å². The van der Waals surface area contributed by atoms with Crippen molar-refractivity contribution < 1.29 is 5.11 Å². The van der Waals surface area contributed by atoms with Crippen LogP contribution in [0.25, 0.3) is 0 Å². The molecule has 0 spiro atoms. The van der Waals surface area contributed by atoms with Crippen molar-refractivity contribution in [3.05, 3.63) is 0 Å². The van der Waals surface area contributed by atoms with E-state index in [0.29, 0.717) is 0 Å². The summed E-state index contributed by atoms with van der Waals surface area (Å²) in [6.45, 7) is 4.06. The molecule has 2 heteroatoms. The predicted octanol–water partition coefficient (Wildman–Crippen LogP) is 0.104. The maximum atomic E-state index is 9.12. The Hall–Kier alpha value is -0.0800. The van der Waals surface area contributed by atoms with E-state index in [0.717, 1.165) is 6.42 Å². The predicted molar refractivity (Wildman–Crippen MR) is 32.4 cm³/mol. The molecule has 2 nitrogen and oxygen atoms in total. The van der Waals surface area contributed by atoms with E-state index in [9.17, 15) is 0 Å². The van der Waals surface area contributed by atoms with Crippen LogP contribution in [0.2, 0.25) is 0 Å². The molecule has 0 aromatic carbocycles. The third kappa shape index (κ3) is 0.644. The first-order chi connectivity index (χ1) is 3.54. The number of hydrogen-bond acceptors (Lipinski definition) is 2. The van der Waals surface area contributed by atoms with Crippen LogP contribution in [-0.4, -0.2) is 17.3 Å². The number of aliphatic hydroxyl groups excluding tert-OH is 1. The van der Waals surface area contributed by atoms with Crippen LogP contribution >= 0.6 is 0 Å². The Bertz CT molecular complexity index is 101. The SMILES string of the molecule is CC1(C)C[C@@H](N)[C@H]1O. The zero-order valence-corrected chi connectivity index (χ0v) is 5.39. The molecule has 0 unspecified atom stereocenters. The molecule has 3 N–H and O–H groups in total. The summed E-state index contributed by atoms with van der Waals surface area (Å²) in [6, 6.07) is 0.0324. The number of nitrogens with two attached hydrogens (primary N) is 1. The quantitative estimate of drug-likeness (QED) is 0.470. The summed E-state index contributed by atoms with van der Waals surface area (Å²) in [5.74, 6) is 0. The second-order valence-electron chi connectivity index (χ2n) is 3.30. The molecule has 0 radical (unpaired) electrons. The molecule has 1 saturated carbocycles. The third-order valence-corrected chi connectivity index (χ3v) is 1.97. The van der Waals surface area contributed by atoms with Crippen molar-refractivity contribution >= 4 is 0 Å². The number of aliphatic hydroxyl groups is 1. The van der Waals surface area contributed by atoms with Crippen LogP contribution in [0.4, 0.5) is 0 Å². The Labute approximate surface area is 49.7 Å². The molecule has 0 bridgehead atoms. The largest absolute Gasteiger partial charge is 0.391 e. The van der Waals surface area contributed by atoms with E-state index in [4.69, 9.17) is 10.8 Å². The second kappa shape index (κ2) is 1.45. The van der Waals surface area contributed by atoms with E-state index in [1.54, 1.807) is 0 Å². The van der Waals surface area contributed by atoms with Gasteiger partial charge in [0.2, 0.25) is 0 Å². The molecule has 0 amide bonds. The van der Waals surface area contributed by atoms with Crippen molar-refractivity contribution in [2.75, 3.05) is 0 Å². The van der Waals surface area contributed by atoms with Gasteiger partial charge in [-0.15, -0.1) is 0 Å². The van der Waals surface area contributed by atoms with Crippen LogP contribution in [0.1, 0.15) is 20.3 Å². The van der Waals surface area contributed by atoms with E-state index in [1.165, 1.54) is 0 Å². The standard InChI is InChI=1S/C6H13NO/c1-6(2)3-4(7)5(6)8/h4-5,8H,3,7H2,1-2H3/t4-,5-/m1/s1. The Morgan fingerprint density at radius 3 is 2.12 bits per heavy atom. The fraction of sp³-hybridized carbons (Fsp3) is 1.00. The van der Waals surface area contributed by atoms with E-state index in [1.807, 2.05) is 13.8 Å². The molecule has 1 aliphatic carbocycles. The second-order valence-corrected chi connectivity index (χ2v) is 3.30. The first kappa shape index (κ1) is 6.05. The lowest BCUT2D eigenvalue weighted by molar-refractivity contribution is -0.0590. The van der Waals surface area contributed by atoms with E-state index in [-0.39, 0.29) is 17.6 Å². The van der Waals surface area contributed by atoms with Crippen molar-refractivity contribution in [1.29, 1.82) is 0 Å². The molecule has 0 aromatic rings. The molecule has 2 atom stereocenters. The van der Waals surface area contributed by atoms with Gasteiger partial charge < -0.3 is 10.8 Å². The van der Waals surface area contributed by atoms with E-state index in [2.05, 4.69) is 0 Å². The summed E-state index contributed by atoms with van der Waals surface area (Å²) in [5, 5.41) is 9.12. The van der Waals surface area contributed by atoms with Crippen molar-refractivity contribution in [1.82, 2.24) is 0 Å². The number of hydrogen-bond donors (Lipinski definition) is 2. The molecule has 1 aliphatic rings. The van der Waals surface area contributed by atoms with Crippen LogP contribution in [0.5, 0.6) is 0 Å². The van der Waals surface area contributed by atoms with Crippen LogP contribution in [0.3, 0.4) is 0 Å². The Morgan fingerprint density at radius 2 is 2.12 bits per heavy atom. The fourth-order valence-corrected chi connectivity index (χ4v) is 1.26. The molecule has 0 aliphatic heterocycles. The molecule has 8 heavy (non-hydrogen) atoms. The van der Waals surface area contributed by atoms with Crippen LogP contribution in [0, 0.1) is 5.41 Å². The molecule has 48 valence electrons. The van der Waals surface area contributed by atoms with Crippen molar-refractivity contribution in [2.24, 2.45) is 11.1 Å². The molecule has 0 aromatic heterocycles. The molecular formula is C6H13NO. The highest BCUT2D eigenvalue weighted by atomic mass is 16.3. The van der Waals surface area contributed by atoms with Gasteiger partial charge in [-0.25, -0.2) is 0 Å². The Balaban J connectivity index is 2.47. The molecular weight excluding hydrogens is 102 g/mol. The smallest absolute Gasteiger partial charge is 0.0742 e. The highest BCUT2D eigenvalue weighted by Gasteiger charge is 2.43.